The molecular weight excluding hydrogens is 410 g/mol. The molecule has 162 valence electrons. The Balaban J connectivity index is 1.81. The molecule has 0 saturated heterocycles. The summed E-state index contributed by atoms with van der Waals surface area (Å²) in [5.74, 6) is -0.108. The number of hydrogen-bond donors (Lipinski definition) is 1. The number of carbonyl (C=O) groups is 2. The molecule has 1 N–H and O–H groups in total. The van der Waals surface area contributed by atoms with Crippen molar-refractivity contribution in [3.8, 4) is 16.9 Å². The Bertz CT molecular complexity index is 1100. The molecule has 31 heavy (non-hydrogen) atoms. The van der Waals surface area contributed by atoms with E-state index in [9.17, 15) is 9.59 Å². The van der Waals surface area contributed by atoms with Crippen molar-refractivity contribution in [2.24, 2.45) is 0 Å². The second-order valence-corrected chi connectivity index (χ2v) is 8.27. The number of aryl methyl sites for hydroxylation is 3. The number of ether oxygens (including phenoxy) is 2. The summed E-state index contributed by atoms with van der Waals surface area (Å²) >= 11 is 1.30. The van der Waals surface area contributed by atoms with Crippen molar-refractivity contribution in [2.45, 2.75) is 34.1 Å². The predicted molar refractivity (Wildman–Crippen MR) is 125 cm³/mol. The van der Waals surface area contributed by atoms with E-state index in [4.69, 9.17) is 9.47 Å². The second-order valence-electron chi connectivity index (χ2n) is 7.39. The number of thiophene rings is 1. The molecule has 0 aliphatic carbocycles. The fourth-order valence-corrected chi connectivity index (χ4v) is 4.31. The zero-order valence-corrected chi connectivity index (χ0v) is 19.3. The van der Waals surface area contributed by atoms with Crippen LogP contribution in [0.2, 0.25) is 0 Å². The van der Waals surface area contributed by atoms with E-state index in [0.717, 1.165) is 34.2 Å². The van der Waals surface area contributed by atoms with Crippen LogP contribution in [-0.2, 0) is 16.0 Å². The van der Waals surface area contributed by atoms with Crippen molar-refractivity contribution in [2.75, 3.05) is 19.0 Å². The number of amides is 1. The van der Waals surface area contributed by atoms with E-state index in [-0.39, 0.29) is 12.5 Å². The third-order valence-electron chi connectivity index (χ3n) is 5.33. The highest BCUT2D eigenvalue weighted by atomic mass is 32.1. The van der Waals surface area contributed by atoms with Gasteiger partial charge in [0.2, 0.25) is 0 Å². The van der Waals surface area contributed by atoms with Crippen molar-refractivity contribution < 1.29 is 19.1 Å². The van der Waals surface area contributed by atoms with Gasteiger partial charge in [0.05, 0.1) is 7.11 Å². The maximum Gasteiger partial charge on any atom is 0.341 e. The van der Waals surface area contributed by atoms with Gasteiger partial charge in [-0.1, -0.05) is 43.3 Å². The molecule has 0 spiro atoms. The van der Waals surface area contributed by atoms with Crippen LogP contribution in [0.1, 0.15) is 39.5 Å². The van der Waals surface area contributed by atoms with Gasteiger partial charge >= 0.3 is 5.97 Å². The van der Waals surface area contributed by atoms with Crippen LogP contribution >= 0.6 is 11.3 Å². The van der Waals surface area contributed by atoms with E-state index < -0.39 is 5.97 Å². The van der Waals surface area contributed by atoms with Crippen molar-refractivity contribution in [3.05, 3.63) is 69.6 Å². The Morgan fingerprint density at radius 3 is 2.32 bits per heavy atom. The van der Waals surface area contributed by atoms with E-state index in [1.165, 1.54) is 24.0 Å². The summed E-state index contributed by atoms with van der Waals surface area (Å²) in [6.07, 6.45) is 0.939. The SMILES string of the molecule is CCc1ccc(-c2csc(NC(=O)COc3c(C)ccc(C)c3C)c2C(=O)OC)cc1. The lowest BCUT2D eigenvalue weighted by molar-refractivity contribution is -0.118. The van der Waals surface area contributed by atoms with Crippen LogP contribution in [-0.4, -0.2) is 25.6 Å². The molecule has 2 aromatic carbocycles. The highest BCUT2D eigenvalue weighted by molar-refractivity contribution is 7.15. The molecule has 0 atom stereocenters. The van der Waals surface area contributed by atoms with Crippen molar-refractivity contribution in [3.63, 3.8) is 0 Å². The van der Waals surface area contributed by atoms with Gasteiger partial charge in [-0.3, -0.25) is 4.79 Å². The number of benzene rings is 2. The van der Waals surface area contributed by atoms with Gasteiger partial charge in [0, 0.05) is 10.9 Å². The van der Waals surface area contributed by atoms with Gasteiger partial charge in [0.25, 0.3) is 5.91 Å². The van der Waals surface area contributed by atoms with E-state index in [2.05, 4.69) is 12.2 Å². The number of nitrogens with one attached hydrogen (secondary N) is 1. The number of esters is 1. The first kappa shape index (κ1) is 22.6. The third kappa shape index (κ3) is 4.97. The van der Waals surface area contributed by atoms with Gasteiger partial charge in [-0.15, -0.1) is 11.3 Å². The molecule has 0 fully saturated rings. The molecule has 0 unspecified atom stereocenters. The number of anilines is 1. The molecule has 0 radical (unpaired) electrons. The molecule has 0 aliphatic heterocycles. The van der Waals surface area contributed by atoms with Crippen molar-refractivity contribution in [1.82, 2.24) is 0 Å². The average molecular weight is 438 g/mol. The fourth-order valence-electron chi connectivity index (χ4n) is 3.34. The Morgan fingerprint density at radius 1 is 1.00 bits per heavy atom. The largest absolute Gasteiger partial charge is 0.483 e. The molecule has 3 rings (SSSR count). The normalized spacial score (nSPS) is 10.6. The average Bonchev–Trinajstić information content (AvgIpc) is 3.19. The molecule has 1 amide bonds. The summed E-state index contributed by atoms with van der Waals surface area (Å²) in [6, 6.07) is 12.0. The first-order valence-corrected chi connectivity index (χ1v) is 11.0. The van der Waals surface area contributed by atoms with Crippen molar-refractivity contribution >= 4 is 28.2 Å². The van der Waals surface area contributed by atoms with Crippen LogP contribution in [0, 0.1) is 20.8 Å². The summed E-state index contributed by atoms with van der Waals surface area (Å²) in [4.78, 5) is 25.1. The number of methoxy groups -OCH3 is 1. The molecule has 0 aliphatic rings. The molecule has 6 heteroatoms. The summed E-state index contributed by atoms with van der Waals surface area (Å²) in [7, 11) is 1.34. The lowest BCUT2D eigenvalue weighted by Crippen LogP contribution is -2.21. The lowest BCUT2D eigenvalue weighted by Gasteiger charge is -2.14. The van der Waals surface area contributed by atoms with Crippen LogP contribution in [0.3, 0.4) is 0 Å². The third-order valence-corrected chi connectivity index (χ3v) is 6.22. The molecular formula is C25H27NO4S. The molecule has 0 bridgehead atoms. The van der Waals surface area contributed by atoms with Gasteiger partial charge in [-0.2, -0.15) is 0 Å². The Labute approximate surface area is 187 Å². The van der Waals surface area contributed by atoms with E-state index in [0.29, 0.717) is 16.3 Å². The smallest absolute Gasteiger partial charge is 0.341 e. The van der Waals surface area contributed by atoms with Crippen LogP contribution in [0.5, 0.6) is 5.75 Å². The lowest BCUT2D eigenvalue weighted by atomic mass is 10.0. The predicted octanol–water partition coefficient (Wildman–Crippen LogP) is 5.71. The first-order chi connectivity index (χ1) is 14.8. The second kappa shape index (κ2) is 9.79. The Hall–Kier alpha value is -3.12. The highest BCUT2D eigenvalue weighted by Crippen LogP contribution is 2.36. The van der Waals surface area contributed by atoms with Crippen LogP contribution in [0.15, 0.2) is 41.8 Å². The topological polar surface area (TPSA) is 64.6 Å². The zero-order chi connectivity index (χ0) is 22.5. The number of carbonyl (C=O) groups excluding carboxylic acids is 2. The Morgan fingerprint density at radius 2 is 1.68 bits per heavy atom. The van der Waals surface area contributed by atoms with Gasteiger partial charge in [0.15, 0.2) is 6.61 Å². The standard InChI is InChI=1S/C25H27NO4S/c1-6-18-9-11-19(12-10-18)20-14-31-24(22(20)25(28)29-5)26-21(27)13-30-23-16(3)8-7-15(2)17(23)4/h7-12,14H,6,13H2,1-5H3,(H,26,27). The minimum absolute atomic E-state index is 0.149. The maximum absolute atomic E-state index is 12.6. The Kier molecular flexibility index (Phi) is 7.13. The van der Waals surface area contributed by atoms with Crippen LogP contribution in [0.25, 0.3) is 11.1 Å². The summed E-state index contributed by atoms with van der Waals surface area (Å²) < 4.78 is 10.8. The first-order valence-electron chi connectivity index (χ1n) is 10.1. The van der Waals surface area contributed by atoms with Crippen LogP contribution < -0.4 is 10.1 Å². The minimum Gasteiger partial charge on any atom is -0.483 e. The zero-order valence-electron chi connectivity index (χ0n) is 18.5. The van der Waals surface area contributed by atoms with E-state index in [1.54, 1.807) is 0 Å². The quantitative estimate of drug-likeness (QED) is 0.481. The molecule has 0 saturated carbocycles. The van der Waals surface area contributed by atoms with Gasteiger partial charge in [-0.25, -0.2) is 4.79 Å². The van der Waals surface area contributed by atoms with Gasteiger partial charge < -0.3 is 14.8 Å². The molecule has 5 nitrogen and oxygen atoms in total. The monoisotopic (exact) mass is 437 g/mol. The van der Waals surface area contributed by atoms with Crippen LogP contribution in [0.4, 0.5) is 5.00 Å². The number of rotatable bonds is 7. The van der Waals surface area contributed by atoms with Crippen molar-refractivity contribution in [1.29, 1.82) is 0 Å². The van der Waals surface area contributed by atoms with E-state index in [1.807, 2.05) is 62.5 Å². The summed E-state index contributed by atoms with van der Waals surface area (Å²) in [5.41, 5.74) is 6.29. The van der Waals surface area contributed by atoms with Gasteiger partial charge in [-0.05, 0) is 55.0 Å². The molecule has 1 aromatic heterocycles. The molecule has 3 aromatic rings. The summed E-state index contributed by atoms with van der Waals surface area (Å²) in [5, 5.41) is 5.13. The number of hydrogen-bond acceptors (Lipinski definition) is 5. The molecule has 1 heterocycles. The highest BCUT2D eigenvalue weighted by Gasteiger charge is 2.22. The van der Waals surface area contributed by atoms with E-state index >= 15 is 0 Å². The maximum atomic E-state index is 12.6. The minimum atomic E-state index is -0.489. The van der Waals surface area contributed by atoms with Gasteiger partial charge in [0.1, 0.15) is 16.3 Å². The fraction of sp³-hybridized carbons (Fsp3) is 0.280. The summed E-state index contributed by atoms with van der Waals surface area (Å²) in [6.45, 7) is 7.87.